The largest absolute Gasteiger partial charge is 0.377 e. The molecule has 2 rings (SSSR count). The van der Waals surface area contributed by atoms with Crippen LogP contribution in [0.5, 0.6) is 0 Å². The topological polar surface area (TPSA) is 55.4 Å². The van der Waals surface area contributed by atoms with Gasteiger partial charge in [-0.2, -0.15) is 0 Å². The molecular formula is C16H31NO3S. The van der Waals surface area contributed by atoms with Crippen molar-refractivity contribution in [3.63, 3.8) is 0 Å². The molecule has 124 valence electrons. The van der Waals surface area contributed by atoms with Crippen molar-refractivity contribution >= 4 is 9.84 Å². The first kappa shape index (κ1) is 17.2. The van der Waals surface area contributed by atoms with Gasteiger partial charge >= 0.3 is 0 Å². The summed E-state index contributed by atoms with van der Waals surface area (Å²) >= 11 is 0. The maximum Gasteiger partial charge on any atom is 0.160 e. The van der Waals surface area contributed by atoms with Gasteiger partial charge in [0.1, 0.15) is 0 Å². The monoisotopic (exact) mass is 317 g/mol. The Kier molecular flexibility index (Phi) is 6.09. The second kappa shape index (κ2) is 7.42. The zero-order valence-corrected chi connectivity index (χ0v) is 14.5. The predicted molar refractivity (Wildman–Crippen MR) is 86.2 cm³/mol. The number of hydrogen-bond acceptors (Lipinski definition) is 4. The highest BCUT2D eigenvalue weighted by molar-refractivity contribution is 7.92. The van der Waals surface area contributed by atoms with Gasteiger partial charge in [-0.3, -0.25) is 0 Å². The summed E-state index contributed by atoms with van der Waals surface area (Å²) in [5.41, 5.74) is 0. The van der Waals surface area contributed by atoms with Gasteiger partial charge in [0.25, 0.3) is 0 Å². The van der Waals surface area contributed by atoms with E-state index in [1.54, 1.807) is 0 Å². The summed E-state index contributed by atoms with van der Waals surface area (Å²) in [5, 5.41) is 2.96. The maximum atomic E-state index is 13.1. The summed E-state index contributed by atoms with van der Waals surface area (Å²) in [4.78, 5) is 0. The third-order valence-electron chi connectivity index (χ3n) is 5.28. The lowest BCUT2D eigenvalue weighted by Crippen LogP contribution is -2.51. The highest BCUT2D eigenvalue weighted by Gasteiger charge is 2.45. The quantitative estimate of drug-likeness (QED) is 0.818. The first-order valence-electron chi connectivity index (χ1n) is 8.58. The van der Waals surface area contributed by atoms with Gasteiger partial charge in [0.05, 0.1) is 16.6 Å². The predicted octanol–water partition coefficient (Wildman–Crippen LogP) is 2.53. The van der Waals surface area contributed by atoms with Crippen molar-refractivity contribution in [2.45, 2.75) is 81.9 Å². The molecule has 21 heavy (non-hydrogen) atoms. The van der Waals surface area contributed by atoms with E-state index >= 15 is 0 Å². The van der Waals surface area contributed by atoms with Crippen LogP contribution in [0.4, 0.5) is 0 Å². The zero-order chi connectivity index (χ0) is 15.5. The molecule has 1 N–H and O–H groups in total. The summed E-state index contributed by atoms with van der Waals surface area (Å²) in [6, 6.07) is 0.130. The van der Waals surface area contributed by atoms with Crippen LogP contribution in [0.25, 0.3) is 0 Å². The van der Waals surface area contributed by atoms with Gasteiger partial charge in [-0.15, -0.1) is 0 Å². The van der Waals surface area contributed by atoms with Crippen LogP contribution in [0.1, 0.15) is 59.3 Å². The second-order valence-electron chi connectivity index (χ2n) is 6.68. The van der Waals surface area contributed by atoms with Gasteiger partial charge < -0.3 is 10.1 Å². The Morgan fingerprint density at radius 2 is 1.90 bits per heavy atom. The lowest BCUT2D eigenvalue weighted by atomic mass is 9.84. The van der Waals surface area contributed by atoms with Crippen LogP contribution in [0.2, 0.25) is 0 Å². The molecule has 1 aliphatic heterocycles. The lowest BCUT2D eigenvalue weighted by molar-refractivity contribution is 0.126. The van der Waals surface area contributed by atoms with Crippen LogP contribution in [0, 0.1) is 5.92 Å². The van der Waals surface area contributed by atoms with Crippen LogP contribution in [-0.4, -0.2) is 44.2 Å². The smallest absolute Gasteiger partial charge is 0.160 e. The number of rotatable bonds is 6. The summed E-state index contributed by atoms with van der Waals surface area (Å²) in [7, 11) is -3.12. The van der Waals surface area contributed by atoms with Crippen molar-refractivity contribution < 1.29 is 13.2 Å². The van der Waals surface area contributed by atoms with Gasteiger partial charge in [-0.25, -0.2) is 8.42 Å². The molecule has 0 amide bonds. The van der Waals surface area contributed by atoms with Gasteiger partial charge in [-0.1, -0.05) is 20.3 Å². The molecule has 1 saturated carbocycles. The van der Waals surface area contributed by atoms with Crippen molar-refractivity contribution in [3.05, 3.63) is 0 Å². The third-order valence-corrected chi connectivity index (χ3v) is 8.11. The first-order chi connectivity index (χ1) is 10.0. The van der Waals surface area contributed by atoms with E-state index in [4.69, 9.17) is 4.74 Å². The second-order valence-corrected chi connectivity index (χ2v) is 9.07. The minimum atomic E-state index is -3.12. The van der Waals surface area contributed by atoms with Crippen LogP contribution in [0.3, 0.4) is 0 Å². The Morgan fingerprint density at radius 1 is 1.14 bits per heavy atom. The SMILES string of the molecule is CCCNC1CCC(CC)CC1S(=O)(=O)C1CCOC1C. The minimum Gasteiger partial charge on any atom is -0.377 e. The summed E-state index contributed by atoms with van der Waals surface area (Å²) in [6.07, 6.45) is 5.61. The van der Waals surface area contributed by atoms with Crippen molar-refractivity contribution in [1.82, 2.24) is 5.32 Å². The average Bonchev–Trinajstić information content (AvgIpc) is 2.91. The molecule has 4 nitrogen and oxygen atoms in total. The number of ether oxygens (including phenoxy) is 1. The molecule has 0 spiro atoms. The van der Waals surface area contributed by atoms with Crippen molar-refractivity contribution in [3.8, 4) is 0 Å². The van der Waals surface area contributed by atoms with Crippen LogP contribution in [-0.2, 0) is 14.6 Å². The van der Waals surface area contributed by atoms with E-state index in [0.717, 1.165) is 38.6 Å². The molecule has 2 aliphatic rings. The number of hydrogen-bond donors (Lipinski definition) is 1. The Balaban J connectivity index is 2.17. The fourth-order valence-corrected chi connectivity index (χ4v) is 6.59. The van der Waals surface area contributed by atoms with E-state index in [2.05, 4.69) is 19.2 Å². The zero-order valence-electron chi connectivity index (χ0n) is 13.7. The molecule has 0 bridgehead atoms. The Bertz CT molecular complexity index is 423. The highest BCUT2D eigenvalue weighted by Crippen LogP contribution is 2.35. The molecule has 1 aliphatic carbocycles. The molecule has 0 aromatic rings. The van der Waals surface area contributed by atoms with Gasteiger partial charge in [0.2, 0.25) is 0 Å². The molecule has 5 unspecified atom stereocenters. The van der Waals surface area contributed by atoms with Crippen LogP contribution < -0.4 is 5.32 Å². The van der Waals surface area contributed by atoms with Gasteiger partial charge in [-0.05, 0) is 51.5 Å². The van der Waals surface area contributed by atoms with E-state index in [-0.39, 0.29) is 22.6 Å². The Hall–Kier alpha value is -0.130. The fraction of sp³-hybridized carbons (Fsp3) is 1.00. The molecule has 0 radical (unpaired) electrons. The molecule has 1 heterocycles. The maximum absolute atomic E-state index is 13.1. The fourth-order valence-electron chi connectivity index (χ4n) is 3.88. The van der Waals surface area contributed by atoms with E-state index in [1.807, 2.05) is 6.92 Å². The van der Waals surface area contributed by atoms with Gasteiger partial charge in [0, 0.05) is 12.6 Å². The van der Waals surface area contributed by atoms with E-state index in [1.165, 1.54) is 0 Å². The van der Waals surface area contributed by atoms with E-state index < -0.39 is 9.84 Å². The summed E-state index contributed by atoms with van der Waals surface area (Å²) in [5.74, 6) is 0.557. The Labute approximate surface area is 129 Å². The molecular weight excluding hydrogens is 286 g/mol. The van der Waals surface area contributed by atoms with Crippen molar-refractivity contribution in [2.24, 2.45) is 5.92 Å². The van der Waals surface area contributed by atoms with E-state index in [9.17, 15) is 8.42 Å². The van der Waals surface area contributed by atoms with Crippen molar-refractivity contribution in [1.29, 1.82) is 0 Å². The highest BCUT2D eigenvalue weighted by atomic mass is 32.2. The Morgan fingerprint density at radius 3 is 2.48 bits per heavy atom. The first-order valence-corrected chi connectivity index (χ1v) is 10.2. The summed E-state index contributed by atoms with van der Waals surface area (Å²) in [6.45, 7) is 7.70. The van der Waals surface area contributed by atoms with Crippen molar-refractivity contribution in [2.75, 3.05) is 13.2 Å². The molecule has 5 atom stereocenters. The molecule has 2 fully saturated rings. The summed E-state index contributed by atoms with van der Waals surface area (Å²) < 4.78 is 31.7. The number of nitrogens with one attached hydrogen (secondary N) is 1. The molecule has 0 aromatic carbocycles. The number of sulfone groups is 1. The molecule has 0 aromatic heterocycles. The lowest BCUT2D eigenvalue weighted by Gasteiger charge is -2.37. The van der Waals surface area contributed by atoms with Crippen LogP contribution in [0.15, 0.2) is 0 Å². The van der Waals surface area contributed by atoms with E-state index in [0.29, 0.717) is 18.9 Å². The molecule has 5 heteroatoms. The minimum absolute atomic E-state index is 0.130. The standard InChI is InChI=1S/C16H31NO3S/c1-4-9-17-14-7-6-13(5-2)11-16(14)21(18,19)15-8-10-20-12(15)3/h12-17H,4-11H2,1-3H3. The third kappa shape index (κ3) is 3.80. The van der Waals surface area contributed by atoms with Gasteiger partial charge in [0.15, 0.2) is 9.84 Å². The molecule has 1 saturated heterocycles. The average molecular weight is 317 g/mol. The van der Waals surface area contributed by atoms with Crippen LogP contribution >= 0.6 is 0 Å². The normalized spacial score (nSPS) is 37.8.